The van der Waals surface area contributed by atoms with Gasteiger partial charge in [0, 0.05) is 23.0 Å². The Morgan fingerprint density at radius 3 is 2.17 bits per heavy atom. The van der Waals surface area contributed by atoms with Crippen LogP contribution in [0.5, 0.6) is 0 Å². The molecule has 0 fully saturated rings. The van der Waals surface area contributed by atoms with Crippen molar-refractivity contribution < 1.29 is 18.3 Å². The molecule has 1 unspecified atom stereocenters. The fourth-order valence-corrected chi connectivity index (χ4v) is 3.09. The van der Waals surface area contributed by atoms with Crippen LogP contribution in [-0.4, -0.2) is 20.3 Å². The molecule has 0 aliphatic rings. The van der Waals surface area contributed by atoms with Crippen molar-refractivity contribution in [3.63, 3.8) is 0 Å². The van der Waals surface area contributed by atoms with E-state index in [0.717, 1.165) is 12.1 Å². The third-order valence-corrected chi connectivity index (χ3v) is 4.83. The predicted molar refractivity (Wildman–Crippen MR) is 138 cm³/mol. The molecule has 0 radical (unpaired) electrons. The van der Waals surface area contributed by atoms with Crippen LogP contribution in [0.1, 0.15) is 63.6 Å². The zero-order valence-corrected chi connectivity index (χ0v) is 21.0. The van der Waals surface area contributed by atoms with Gasteiger partial charge in [-0.15, -0.1) is 23.0 Å². The summed E-state index contributed by atoms with van der Waals surface area (Å²) in [6.07, 6.45) is 11.2. The number of rotatable bonds is 7. The van der Waals surface area contributed by atoms with Gasteiger partial charge in [-0.05, 0) is 42.3 Å². The van der Waals surface area contributed by atoms with Crippen molar-refractivity contribution in [2.24, 2.45) is 11.5 Å². The van der Waals surface area contributed by atoms with Crippen molar-refractivity contribution in [1.82, 2.24) is 15.2 Å². The van der Waals surface area contributed by atoms with E-state index in [1.54, 1.807) is 18.2 Å². The number of aliphatic hydroxyl groups excluding tert-OH is 1. The Labute approximate surface area is 211 Å². The molecule has 1 aromatic carbocycles. The Morgan fingerprint density at radius 1 is 1.06 bits per heavy atom. The van der Waals surface area contributed by atoms with Crippen LogP contribution >= 0.6 is 0 Å². The Morgan fingerprint density at radius 2 is 1.64 bits per heavy atom. The lowest BCUT2D eigenvalue weighted by Crippen LogP contribution is -2.13. The Kier molecular flexibility index (Phi) is 12.6. The molecule has 2 aromatic heterocycles. The molecular weight excluding hydrogens is 464 g/mol. The number of nitrogens with two attached hydrogens (primary N) is 2. The first-order valence-electron chi connectivity index (χ1n) is 11.4. The highest BCUT2D eigenvalue weighted by molar-refractivity contribution is 5.66. The van der Waals surface area contributed by atoms with Gasteiger partial charge in [0.1, 0.15) is 23.9 Å². The van der Waals surface area contributed by atoms with Gasteiger partial charge in [0.05, 0.1) is 5.56 Å². The van der Waals surface area contributed by atoms with Gasteiger partial charge in [0.2, 0.25) is 5.89 Å². The highest BCUT2D eigenvalue weighted by Crippen LogP contribution is 2.27. The maximum Gasteiger partial charge on any atom is 0.266 e. The minimum Gasteiger partial charge on any atom is -0.417 e. The second-order valence-corrected chi connectivity index (χ2v) is 7.57. The van der Waals surface area contributed by atoms with Gasteiger partial charge in [-0.2, -0.15) is 0 Å². The summed E-state index contributed by atoms with van der Waals surface area (Å²) in [5.74, 6) is -1.55. The molecular formula is C27H33F2N5O2. The average Bonchev–Trinajstić information content (AvgIpc) is 3.37. The lowest BCUT2D eigenvalue weighted by Gasteiger charge is -2.16. The maximum absolute atomic E-state index is 14.1. The number of hydrogen-bond donors (Lipinski definition) is 3. The number of benzene rings is 1. The standard InChI is InChI=1S/C22H23F2N5O2.C3H8.C2H2/c1-3-13(10-16(25)20-14(23)6-4-7-15(20)24)21(26)12(2)17-8-5-9-18(27-17)22-29-28-19(11-30)31-22;1-3-2;1-2/h4-10,12,30H,3,11,25-26H2,1-2H3;3H2,1-2H3;1-2H/b16-10-,21-13-;;. The molecule has 192 valence electrons. The SMILES string of the molecule is C#C.CCC.CCC(/C=C(\N)c1c(F)cccc1F)=C(/N)C(C)c1cccc(-c2nnc(CO)o2)n1. The summed E-state index contributed by atoms with van der Waals surface area (Å²) in [6, 6.07) is 8.84. The van der Waals surface area contributed by atoms with Crippen LogP contribution in [0.25, 0.3) is 17.3 Å². The number of aromatic nitrogens is 3. The second-order valence-electron chi connectivity index (χ2n) is 7.57. The molecule has 9 heteroatoms. The summed E-state index contributed by atoms with van der Waals surface area (Å²) in [5.41, 5.74) is 14.2. The first kappa shape index (κ1) is 30.0. The Balaban J connectivity index is 0.00000120. The number of terminal acetylenes is 1. The van der Waals surface area contributed by atoms with Crippen LogP contribution in [-0.2, 0) is 6.61 Å². The van der Waals surface area contributed by atoms with Crippen molar-refractivity contribution in [1.29, 1.82) is 0 Å². The Hall–Kier alpha value is -4.03. The molecule has 2 heterocycles. The topological polar surface area (TPSA) is 124 Å². The summed E-state index contributed by atoms with van der Waals surface area (Å²) in [7, 11) is 0. The third-order valence-electron chi connectivity index (χ3n) is 4.83. The molecule has 0 aliphatic heterocycles. The minimum atomic E-state index is -0.744. The number of aliphatic hydroxyl groups is 1. The number of nitrogens with zero attached hydrogens (tertiary/aromatic N) is 3. The molecule has 0 saturated heterocycles. The number of allylic oxidation sites excluding steroid dienone is 3. The van der Waals surface area contributed by atoms with E-state index in [0.29, 0.717) is 29.1 Å². The molecule has 1 atom stereocenters. The molecule has 0 aliphatic carbocycles. The van der Waals surface area contributed by atoms with Gasteiger partial charge in [0.15, 0.2) is 0 Å². The van der Waals surface area contributed by atoms with Gasteiger partial charge in [-0.25, -0.2) is 13.8 Å². The van der Waals surface area contributed by atoms with Crippen LogP contribution in [0.3, 0.4) is 0 Å². The van der Waals surface area contributed by atoms with Crippen LogP contribution in [0.4, 0.5) is 8.78 Å². The van der Waals surface area contributed by atoms with E-state index in [1.165, 1.54) is 18.6 Å². The highest BCUT2D eigenvalue weighted by atomic mass is 19.1. The molecule has 0 bridgehead atoms. The smallest absolute Gasteiger partial charge is 0.266 e. The Bertz CT molecular complexity index is 1180. The summed E-state index contributed by atoms with van der Waals surface area (Å²) in [5, 5.41) is 16.7. The summed E-state index contributed by atoms with van der Waals surface area (Å²) in [4.78, 5) is 4.53. The summed E-state index contributed by atoms with van der Waals surface area (Å²) < 4.78 is 33.5. The summed E-state index contributed by atoms with van der Waals surface area (Å²) >= 11 is 0. The quantitative estimate of drug-likeness (QED) is 0.299. The molecule has 7 nitrogen and oxygen atoms in total. The zero-order valence-electron chi connectivity index (χ0n) is 21.0. The lowest BCUT2D eigenvalue weighted by atomic mass is 9.96. The van der Waals surface area contributed by atoms with Crippen molar-refractivity contribution in [3.05, 3.63) is 82.5 Å². The molecule has 36 heavy (non-hydrogen) atoms. The van der Waals surface area contributed by atoms with E-state index in [9.17, 15) is 8.78 Å². The van der Waals surface area contributed by atoms with Gasteiger partial charge in [-0.1, -0.05) is 46.2 Å². The van der Waals surface area contributed by atoms with Crippen LogP contribution in [0.2, 0.25) is 0 Å². The van der Waals surface area contributed by atoms with Gasteiger partial charge in [-0.3, -0.25) is 0 Å². The second kappa shape index (κ2) is 15.1. The number of hydrogen-bond acceptors (Lipinski definition) is 7. The molecule has 3 aromatic rings. The fourth-order valence-electron chi connectivity index (χ4n) is 3.09. The molecule has 0 amide bonds. The van der Waals surface area contributed by atoms with Crippen molar-refractivity contribution in [2.45, 2.75) is 53.1 Å². The van der Waals surface area contributed by atoms with E-state index < -0.39 is 11.6 Å². The van der Waals surface area contributed by atoms with Gasteiger partial charge < -0.3 is 21.0 Å². The predicted octanol–water partition coefficient (Wildman–Crippen LogP) is 5.29. The van der Waals surface area contributed by atoms with Crippen molar-refractivity contribution >= 4 is 5.70 Å². The maximum atomic E-state index is 14.1. The normalized spacial score (nSPS) is 12.4. The van der Waals surface area contributed by atoms with E-state index in [-0.39, 0.29) is 35.6 Å². The fraction of sp³-hybridized carbons (Fsp3) is 0.296. The minimum absolute atomic E-state index is 0.0493. The average molecular weight is 498 g/mol. The third kappa shape index (κ3) is 7.75. The van der Waals surface area contributed by atoms with Gasteiger partial charge in [0.25, 0.3) is 5.89 Å². The molecule has 3 rings (SSSR count). The summed E-state index contributed by atoms with van der Waals surface area (Å²) in [6.45, 7) is 7.61. The highest BCUT2D eigenvalue weighted by Gasteiger charge is 2.17. The van der Waals surface area contributed by atoms with Crippen LogP contribution < -0.4 is 11.5 Å². The molecule has 0 saturated carbocycles. The largest absolute Gasteiger partial charge is 0.417 e. The van der Waals surface area contributed by atoms with Crippen LogP contribution in [0.15, 0.2) is 58.2 Å². The van der Waals surface area contributed by atoms with E-state index in [1.807, 2.05) is 13.8 Å². The van der Waals surface area contributed by atoms with E-state index in [4.69, 9.17) is 21.0 Å². The van der Waals surface area contributed by atoms with Crippen molar-refractivity contribution in [2.75, 3.05) is 0 Å². The first-order valence-corrected chi connectivity index (χ1v) is 11.4. The van der Waals surface area contributed by atoms with E-state index >= 15 is 0 Å². The zero-order chi connectivity index (χ0) is 27.3. The van der Waals surface area contributed by atoms with E-state index in [2.05, 4.69) is 41.9 Å². The van der Waals surface area contributed by atoms with Gasteiger partial charge >= 0.3 is 0 Å². The monoisotopic (exact) mass is 497 g/mol. The number of pyridine rings is 1. The first-order chi connectivity index (χ1) is 17.3. The molecule has 5 N–H and O–H groups in total. The lowest BCUT2D eigenvalue weighted by molar-refractivity contribution is 0.241. The van der Waals surface area contributed by atoms with Crippen LogP contribution in [0, 0.1) is 24.5 Å². The van der Waals surface area contributed by atoms with Crippen molar-refractivity contribution in [3.8, 4) is 24.4 Å². The molecule has 0 spiro atoms. The number of halogens is 2.